The van der Waals surface area contributed by atoms with Crippen LogP contribution < -0.4 is 10.6 Å². The lowest BCUT2D eigenvalue weighted by Gasteiger charge is -2.09. The monoisotopic (exact) mass is 341 g/mol. The molecular formula is C14H20BrN3O2. The van der Waals surface area contributed by atoms with Crippen LogP contribution in [0.5, 0.6) is 0 Å². The Morgan fingerprint density at radius 3 is 2.70 bits per heavy atom. The van der Waals surface area contributed by atoms with Crippen molar-refractivity contribution in [3.63, 3.8) is 0 Å². The van der Waals surface area contributed by atoms with Gasteiger partial charge in [0, 0.05) is 36.2 Å². The van der Waals surface area contributed by atoms with Crippen molar-refractivity contribution in [1.29, 1.82) is 0 Å². The molecule has 1 heterocycles. The van der Waals surface area contributed by atoms with E-state index in [0.717, 1.165) is 30.3 Å². The molecule has 0 saturated heterocycles. The zero-order valence-corrected chi connectivity index (χ0v) is 13.2. The molecule has 0 aliphatic heterocycles. The van der Waals surface area contributed by atoms with E-state index in [4.69, 9.17) is 0 Å². The third-order valence-corrected chi connectivity index (χ3v) is 3.65. The van der Waals surface area contributed by atoms with Crippen LogP contribution in [0.2, 0.25) is 0 Å². The van der Waals surface area contributed by atoms with Gasteiger partial charge in [-0.2, -0.15) is 0 Å². The van der Waals surface area contributed by atoms with E-state index in [2.05, 4.69) is 33.5 Å². The van der Waals surface area contributed by atoms with Crippen LogP contribution in [0.4, 0.5) is 0 Å². The van der Waals surface area contributed by atoms with Crippen LogP contribution in [0, 0.1) is 5.92 Å². The SMILES string of the molecule is CCCn1cc(Br)cc1C(=O)NCCNC(=O)C1CC1. The molecule has 0 spiro atoms. The first-order valence-electron chi connectivity index (χ1n) is 7.03. The third kappa shape index (κ3) is 4.10. The Kier molecular flexibility index (Phi) is 5.23. The van der Waals surface area contributed by atoms with Crippen molar-refractivity contribution in [1.82, 2.24) is 15.2 Å². The molecule has 0 unspecified atom stereocenters. The number of carbonyl (C=O) groups is 2. The van der Waals surface area contributed by atoms with Gasteiger partial charge in [0.05, 0.1) is 0 Å². The number of carbonyl (C=O) groups excluding carboxylic acids is 2. The van der Waals surface area contributed by atoms with E-state index in [0.29, 0.717) is 18.8 Å². The number of halogens is 1. The average molecular weight is 342 g/mol. The molecule has 1 fully saturated rings. The number of amides is 2. The highest BCUT2D eigenvalue weighted by molar-refractivity contribution is 9.10. The maximum atomic E-state index is 12.1. The van der Waals surface area contributed by atoms with Crippen molar-refractivity contribution in [2.24, 2.45) is 5.92 Å². The maximum absolute atomic E-state index is 12.1. The minimum Gasteiger partial charge on any atom is -0.354 e. The van der Waals surface area contributed by atoms with Crippen molar-refractivity contribution >= 4 is 27.7 Å². The number of nitrogens with zero attached hydrogens (tertiary/aromatic N) is 1. The van der Waals surface area contributed by atoms with Gasteiger partial charge in [0.15, 0.2) is 0 Å². The highest BCUT2D eigenvalue weighted by atomic mass is 79.9. The highest BCUT2D eigenvalue weighted by Gasteiger charge is 2.29. The van der Waals surface area contributed by atoms with Crippen LogP contribution in [0.1, 0.15) is 36.7 Å². The molecule has 0 aromatic carbocycles. The highest BCUT2D eigenvalue weighted by Crippen LogP contribution is 2.28. The van der Waals surface area contributed by atoms with Gasteiger partial charge >= 0.3 is 0 Å². The van der Waals surface area contributed by atoms with Gasteiger partial charge in [0.2, 0.25) is 5.91 Å². The lowest BCUT2D eigenvalue weighted by Crippen LogP contribution is -2.35. The lowest BCUT2D eigenvalue weighted by molar-refractivity contribution is -0.122. The summed E-state index contributed by atoms with van der Waals surface area (Å²) in [5, 5.41) is 5.66. The second-order valence-electron chi connectivity index (χ2n) is 5.06. The maximum Gasteiger partial charge on any atom is 0.268 e. The summed E-state index contributed by atoms with van der Waals surface area (Å²) < 4.78 is 2.83. The summed E-state index contributed by atoms with van der Waals surface area (Å²) >= 11 is 3.39. The summed E-state index contributed by atoms with van der Waals surface area (Å²) in [6, 6.07) is 1.81. The summed E-state index contributed by atoms with van der Waals surface area (Å²) in [6.45, 7) is 3.82. The predicted octanol–water partition coefficient (Wildman–Crippen LogP) is 1.92. The van der Waals surface area contributed by atoms with E-state index in [1.807, 2.05) is 16.8 Å². The van der Waals surface area contributed by atoms with E-state index < -0.39 is 0 Å². The van der Waals surface area contributed by atoms with Crippen molar-refractivity contribution < 1.29 is 9.59 Å². The molecule has 1 aliphatic rings. The molecule has 0 bridgehead atoms. The number of nitrogens with one attached hydrogen (secondary N) is 2. The van der Waals surface area contributed by atoms with Gasteiger partial charge in [-0.25, -0.2) is 0 Å². The van der Waals surface area contributed by atoms with E-state index in [9.17, 15) is 9.59 Å². The zero-order valence-electron chi connectivity index (χ0n) is 11.6. The van der Waals surface area contributed by atoms with Crippen LogP contribution in [0.25, 0.3) is 0 Å². The molecule has 0 radical (unpaired) electrons. The first kappa shape index (κ1) is 15.1. The fourth-order valence-corrected chi connectivity index (χ4v) is 2.50. The first-order chi connectivity index (χ1) is 9.61. The Balaban J connectivity index is 1.77. The largest absolute Gasteiger partial charge is 0.354 e. The number of rotatable bonds is 7. The fourth-order valence-electron chi connectivity index (χ4n) is 2.03. The van der Waals surface area contributed by atoms with Crippen LogP contribution in [-0.2, 0) is 11.3 Å². The summed E-state index contributed by atoms with van der Waals surface area (Å²) in [7, 11) is 0. The third-order valence-electron chi connectivity index (χ3n) is 3.22. The Bertz CT molecular complexity index is 495. The fraction of sp³-hybridized carbons (Fsp3) is 0.571. The molecule has 5 nitrogen and oxygen atoms in total. The molecule has 1 aromatic heterocycles. The molecule has 2 rings (SSSR count). The van der Waals surface area contributed by atoms with E-state index >= 15 is 0 Å². The van der Waals surface area contributed by atoms with Gasteiger partial charge < -0.3 is 15.2 Å². The second kappa shape index (κ2) is 6.92. The van der Waals surface area contributed by atoms with Gasteiger partial charge in [-0.05, 0) is 41.3 Å². The van der Waals surface area contributed by atoms with E-state index in [-0.39, 0.29) is 17.7 Å². The summed E-state index contributed by atoms with van der Waals surface area (Å²) in [5.74, 6) is 0.213. The summed E-state index contributed by atoms with van der Waals surface area (Å²) in [6.07, 6.45) is 4.87. The first-order valence-corrected chi connectivity index (χ1v) is 7.82. The second-order valence-corrected chi connectivity index (χ2v) is 5.97. The molecule has 2 N–H and O–H groups in total. The topological polar surface area (TPSA) is 63.1 Å². The zero-order chi connectivity index (χ0) is 14.5. The van der Waals surface area contributed by atoms with Gasteiger partial charge in [0.25, 0.3) is 5.91 Å². The Labute approximate surface area is 127 Å². The molecule has 0 atom stereocenters. The van der Waals surface area contributed by atoms with Crippen LogP contribution in [-0.4, -0.2) is 29.5 Å². The Hall–Kier alpha value is -1.30. The van der Waals surface area contributed by atoms with Gasteiger partial charge in [-0.3, -0.25) is 9.59 Å². The van der Waals surface area contributed by atoms with Gasteiger partial charge in [-0.15, -0.1) is 0 Å². The summed E-state index contributed by atoms with van der Waals surface area (Å²) in [4.78, 5) is 23.5. The smallest absolute Gasteiger partial charge is 0.268 e. The number of hydrogen-bond donors (Lipinski definition) is 2. The number of aromatic nitrogens is 1. The lowest BCUT2D eigenvalue weighted by atomic mass is 10.3. The molecule has 1 aliphatic carbocycles. The van der Waals surface area contributed by atoms with Crippen molar-refractivity contribution in [2.45, 2.75) is 32.7 Å². The Morgan fingerprint density at radius 1 is 1.35 bits per heavy atom. The van der Waals surface area contributed by atoms with Gasteiger partial charge in [-0.1, -0.05) is 6.92 Å². The number of aryl methyl sites for hydroxylation is 1. The van der Waals surface area contributed by atoms with Crippen molar-refractivity contribution in [2.75, 3.05) is 13.1 Å². The number of hydrogen-bond acceptors (Lipinski definition) is 2. The molecular weight excluding hydrogens is 322 g/mol. The normalized spacial score (nSPS) is 14.1. The summed E-state index contributed by atoms with van der Waals surface area (Å²) in [5.41, 5.74) is 0.646. The molecule has 2 amide bonds. The van der Waals surface area contributed by atoms with Crippen molar-refractivity contribution in [3.05, 3.63) is 22.4 Å². The van der Waals surface area contributed by atoms with E-state index in [1.54, 1.807) is 0 Å². The molecule has 1 aromatic rings. The molecule has 6 heteroatoms. The molecule has 110 valence electrons. The standard InChI is InChI=1S/C14H20BrN3O2/c1-2-7-18-9-11(15)8-12(18)14(20)17-6-5-16-13(19)10-3-4-10/h8-10H,2-7H2,1H3,(H,16,19)(H,17,20). The quantitative estimate of drug-likeness (QED) is 0.744. The average Bonchev–Trinajstić information content (AvgIpc) is 3.19. The van der Waals surface area contributed by atoms with Crippen molar-refractivity contribution in [3.8, 4) is 0 Å². The van der Waals surface area contributed by atoms with Crippen LogP contribution >= 0.6 is 15.9 Å². The molecule has 20 heavy (non-hydrogen) atoms. The minimum absolute atomic E-state index is 0.107. The van der Waals surface area contributed by atoms with E-state index in [1.165, 1.54) is 0 Å². The van der Waals surface area contributed by atoms with Crippen LogP contribution in [0.15, 0.2) is 16.7 Å². The van der Waals surface area contributed by atoms with Gasteiger partial charge in [0.1, 0.15) is 5.69 Å². The Morgan fingerprint density at radius 2 is 2.05 bits per heavy atom. The van der Waals surface area contributed by atoms with Crippen LogP contribution in [0.3, 0.4) is 0 Å². The molecule has 1 saturated carbocycles. The minimum atomic E-state index is -0.107. The predicted molar refractivity (Wildman–Crippen MR) is 80.5 cm³/mol.